The zero-order chi connectivity index (χ0) is 20.4. The van der Waals surface area contributed by atoms with Gasteiger partial charge < -0.3 is 5.11 Å². The average Bonchev–Trinajstić information content (AvgIpc) is 2.66. The van der Waals surface area contributed by atoms with Gasteiger partial charge in [0.05, 0.1) is 0 Å². The first-order chi connectivity index (χ1) is 13.2. The van der Waals surface area contributed by atoms with Crippen molar-refractivity contribution in [1.82, 2.24) is 0 Å². The summed E-state index contributed by atoms with van der Waals surface area (Å²) in [5, 5.41) is 8.35. The highest BCUT2D eigenvalue weighted by atomic mass is 16.4. The molecule has 0 aromatic heterocycles. The molecule has 0 aromatic rings. The van der Waals surface area contributed by atoms with Crippen molar-refractivity contribution in [2.24, 2.45) is 0 Å². The molecule has 164 valence electrons. The lowest BCUT2D eigenvalue weighted by atomic mass is 10.1. The molecule has 0 aliphatic carbocycles. The molecule has 0 unspecified atom stereocenters. The van der Waals surface area contributed by atoms with E-state index in [1.165, 1.54) is 116 Å². The summed E-state index contributed by atoms with van der Waals surface area (Å²) in [6, 6.07) is 0. The van der Waals surface area contributed by atoms with Gasteiger partial charge in [-0.15, -0.1) is 0 Å². The number of aliphatic carboxylic acids is 1. The Morgan fingerprint density at radius 3 is 0.889 bits per heavy atom. The third-order valence-electron chi connectivity index (χ3n) is 5.20. The van der Waals surface area contributed by atoms with Gasteiger partial charge in [-0.05, 0) is 6.42 Å². The Bertz CT molecular complexity index is 251. The van der Waals surface area contributed by atoms with Crippen molar-refractivity contribution >= 4 is 5.97 Å². The second kappa shape index (κ2) is 27.7. The van der Waals surface area contributed by atoms with Crippen LogP contribution < -0.4 is 0 Å². The molecule has 0 aromatic carbocycles. The van der Waals surface area contributed by atoms with E-state index in [9.17, 15) is 4.79 Å². The Kier molecular flexibility index (Phi) is 29.4. The van der Waals surface area contributed by atoms with E-state index in [2.05, 4.69) is 20.8 Å². The Morgan fingerprint density at radius 1 is 0.444 bits per heavy atom. The fraction of sp³-hybridized carbons (Fsp3) is 0.960. The maximum atomic E-state index is 10.1. The van der Waals surface area contributed by atoms with Gasteiger partial charge in [0.1, 0.15) is 0 Å². The quantitative estimate of drug-likeness (QED) is 0.212. The Balaban J connectivity index is 0. The molecule has 0 saturated heterocycles. The van der Waals surface area contributed by atoms with E-state index < -0.39 is 5.97 Å². The van der Waals surface area contributed by atoms with Gasteiger partial charge in [-0.1, -0.05) is 143 Å². The van der Waals surface area contributed by atoms with Gasteiger partial charge in [0.15, 0.2) is 0 Å². The summed E-state index contributed by atoms with van der Waals surface area (Å²) in [7, 11) is 0. The Hall–Kier alpha value is -0.530. The van der Waals surface area contributed by atoms with E-state index in [0.29, 0.717) is 6.42 Å². The van der Waals surface area contributed by atoms with Crippen LogP contribution in [0.1, 0.15) is 156 Å². The first kappa shape index (κ1) is 28.7. The molecule has 1 N–H and O–H groups in total. The molecule has 0 rings (SSSR count). The minimum absolute atomic E-state index is 0.341. The number of unbranched alkanes of at least 4 members (excludes halogenated alkanes) is 18. The van der Waals surface area contributed by atoms with Crippen LogP contribution in [-0.4, -0.2) is 11.1 Å². The first-order valence-corrected chi connectivity index (χ1v) is 12.4. The van der Waals surface area contributed by atoms with Crippen molar-refractivity contribution in [3.63, 3.8) is 0 Å². The highest BCUT2D eigenvalue weighted by Crippen LogP contribution is 2.12. The standard InChI is InChI=1S/C15H32.C10H20O2/c1-3-5-7-9-11-13-15-14-12-10-8-6-4-2;1-2-3-4-5-6-7-8-9-10(11)12/h3-15H2,1-2H3;2-9H2,1H3,(H,11,12). The number of rotatable bonds is 20. The van der Waals surface area contributed by atoms with Crippen molar-refractivity contribution < 1.29 is 9.90 Å². The molecule has 0 amide bonds. The van der Waals surface area contributed by atoms with Crippen molar-refractivity contribution in [1.29, 1.82) is 0 Å². The predicted octanol–water partition coefficient (Wildman–Crippen LogP) is 9.31. The van der Waals surface area contributed by atoms with E-state index in [4.69, 9.17) is 5.11 Å². The van der Waals surface area contributed by atoms with E-state index >= 15 is 0 Å². The summed E-state index contributed by atoms with van der Waals surface area (Å²) in [6.45, 7) is 6.77. The summed E-state index contributed by atoms with van der Waals surface area (Å²) in [5.74, 6) is -0.663. The normalized spacial score (nSPS) is 10.5. The van der Waals surface area contributed by atoms with Crippen LogP contribution in [-0.2, 0) is 4.79 Å². The summed E-state index contributed by atoms with van der Waals surface area (Å²) in [6.07, 6.45) is 27.6. The van der Waals surface area contributed by atoms with Crippen molar-refractivity contribution in [2.45, 2.75) is 156 Å². The van der Waals surface area contributed by atoms with Gasteiger partial charge in [-0.25, -0.2) is 0 Å². The molecular weight excluding hydrogens is 332 g/mol. The molecule has 0 spiro atoms. The Morgan fingerprint density at radius 2 is 0.667 bits per heavy atom. The van der Waals surface area contributed by atoms with Gasteiger partial charge in [-0.3, -0.25) is 4.79 Å². The van der Waals surface area contributed by atoms with Crippen LogP contribution >= 0.6 is 0 Å². The zero-order valence-electron chi connectivity index (χ0n) is 19.2. The van der Waals surface area contributed by atoms with Crippen LogP contribution in [0.4, 0.5) is 0 Å². The van der Waals surface area contributed by atoms with Crippen LogP contribution in [0.15, 0.2) is 0 Å². The van der Waals surface area contributed by atoms with E-state index in [1.54, 1.807) is 0 Å². The fourth-order valence-corrected chi connectivity index (χ4v) is 3.32. The highest BCUT2D eigenvalue weighted by molar-refractivity contribution is 5.66. The van der Waals surface area contributed by atoms with E-state index in [-0.39, 0.29) is 0 Å². The van der Waals surface area contributed by atoms with E-state index in [0.717, 1.165) is 12.8 Å². The van der Waals surface area contributed by atoms with Crippen molar-refractivity contribution in [2.75, 3.05) is 0 Å². The zero-order valence-corrected chi connectivity index (χ0v) is 19.2. The summed E-state index contributed by atoms with van der Waals surface area (Å²) in [4.78, 5) is 10.1. The Labute approximate surface area is 171 Å². The number of hydrogen-bond donors (Lipinski definition) is 1. The van der Waals surface area contributed by atoms with E-state index in [1.807, 2.05) is 0 Å². The molecule has 0 heterocycles. The minimum Gasteiger partial charge on any atom is -0.481 e. The van der Waals surface area contributed by atoms with Gasteiger partial charge in [-0.2, -0.15) is 0 Å². The molecule has 0 saturated carbocycles. The van der Waals surface area contributed by atoms with Crippen molar-refractivity contribution in [3.8, 4) is 0 Å². The average molecular weight is 385 g/mol. The molecule has 27 heavy (non-hydrogen) atoms. The molecular formula is C25H52O2. The molecule has 0 atom stereocenters. The van der Waals surface area contributed by atoms with Crippen LogP contribution in [0.5, 0.6) is 0 Å². The highest BCUT2D eigenvalue weighted by Gasteiger charge is 1.95. The predicted molar refractivity (Wildman–Crippen MR) is 122 cm³/mol. The van der Waals surface area contributed by atoms with Crippen molar-refractivity contribution in [3.05, 3.63) is 0 Å². The van der Waals surface area contributed by atoms with Crippen LogP contribution in [0, 0.1) is 0 Å². The van der Waals surface area contributed by atoms with Gasteiger partial charge in [0.25, 0.3) is 0 Å². The molecule has 0 bridgehead atoms. The lowest BCUT2D eigenvalue weighted by Crippen LogP contribution is -1.93. The smallest absolute Gasteiger partial charge is 0.303 e. The second-order valence-corrected chi connectivity index (χ2v) is 8.15. The van der Waals surface area contributed by atoms with Crippen LogP contribution in [0.25, 0.3) is 0 Å². The monoisotopic (exact) mass is 384 g/mol. The number of hydrogen-bond acceptors (Lipinski definition) is 1. The minimum atomic E-state index is -0.663. The summed E-state index contributed by atoms with van der Waals surface area (Å²) < 4.78 is 0. The largest absolute Gasteiger partial charge is 0.481 e. The van der Waals surface area contributed by atoms with Crippen LogP contribution in [0.2, 0.25) is 0 Å². The maximum Gasteiger partial charge on any atom is 0.303 e. The van der Waals surface area contributed by atoms with Gasteiger partial charge in [0.2, 0.25) is 0 Å². The van der Waals surface area contributed by atoms with Gasteiger partial charge in [0, 0.05) is 6.42 Å². The molecule has 0 fully saturated rings. The second-order valence-electron chi connectivity index (χ2n) is 8.15. The molecule has 0 radical (unpaired) electrons. The van der Waals surface area contributed by atoms with Gasteiger partial charge >= 0.3 is 5.97 Å². The third kappa shape index (κ3) is 33.5. The summed E-state index contributed by atoms with van der Waals surface area (Å²) >= 11 is 0. The number of carbonyl (C=O) groups is 1. The fourth-order valence-electron chi connectivity index (χ4n) is 3.32. The first-order valence-electron chi connectivity index (χ1n) is 12.4. The lowest BCUT2D eigenvalue weighted by Gasteiger charge is -2.01. The SMILES string of the molecule is CCCCCCCCCC(=O)O.CCCCCCCCCCCCCCC. The molecule has 2 heteroatoms. The lowest BCUT2D eigenvalue weighted by molar-refractivity contribution is -0.137. The maximum absolute atomic E-state index is 10.1. The number of carboxylic acid groups (broad SMARTS) is 1. The molecule has 0 aliphatic heterocycles. The number of carboxylic acids is 1. The topological polar surface area (TPSA) is 37.3 Å². The molecule has 2 nitrogen and oxygen atoms in total. The van der Waals surface area contributed by atoms with Crippen LogP contribution in [0.3, 0.4) is 0 Å². The molecule has 0 aliphatic rings. The third-order valence-corrected chi connectivity index (χ3v) is 5.20. The summed E-state index contributed by atoms with van der Waals surface area (Å²) in [5.41, 5.74) is 0.